The van der Waals surface area contributed by atoms with Gasteiger partial charge in [0.25, 0.3) is 0 Å². The summed E-state index contributed by atoms with van der Waals surface area (Å²) < 4.78 is 1.52. The van der Waals surface area contributed by atoms with Crippen LogP contribution < -0.4 is 15.5 Å². The van der Waals surface area contributed by atoms with Gasteiger partial charge in [-0.25, -0.2) is 9.48 Å². The number of piperazine rings is 1. The molecule has 0 saturated carbocycles. The molecule has 0 unspecified atom stereocenters. The molecular weight excluding hydrogens is 366 g/mol. The van der Waals surface area contributed by atoms with Gasteiger partial charge in [0.2, 0.25) is 0 Å². The van der Waals surface area contributed by atoms with Crippen LogP contribution in [-0.4, -0.2) is 46.1 Å². The third kappa shape index (κ3) is 3.99. The Morgan fingerprint density at radius 3 is 2.00 bits per heavy atom. The molecular formula is C22H27N5O2. The minimum absolute atomic E-state index is 0.0802. The van der Waals surface area contributed by atoms with Gasteiger partial charge in [-0.1, -0.05) is 6.92 Å². The van der Waals surface area contributed by atoms with Crippen LogP contribution in [-0.2, 0) is 0 Å². The molecule has 1 aliphatic heterocycles. The number of hydrogen-bond acceptors (Lipinski definition) is 5. The molecule has 0 bridgehead atoms. The fraction of sp³-hybridized carbons (Fsp3) is 0.364. The first-order valence-corrected chi connectivity index (χ1v) is 10.1. The van der Waals surface area contributed by atoms with E-state index in [0.29, 0.717) is 11.6 Å². The number of benzene rings is 2. The van der Waals surface area contributed by atoms with Crippen LogP contribution in [0.3, 0.4) is 0 Å². The minimum atomic E-state index is -0.163. The second-order valence-electron chi connectivity index (χ2n) is 7.52. The van der Waals surface area contributed by atoms with E-state index < -0.39 is 0 Å². The van der Waals surface area contributed by atoms with E-state index in [2.05, 4.69) is 32.0 Å². The van der Waals surface area contributed by atoms with Crippen molar-refractivity contribution in [2.24, 2.45) is 0 Å². The Bertz CT molecular complexity index is 999. The molecule has 0 aliphatic carbocycles. The lowest BCUT2D eigenvalue weighted by Crippen LogP contribution is -2.46. The Morgan fingerprint density at radius 2 is 1.48 bits per heavy atom. The van der Waals surface area contributed by atoms with E-state index in [1.165, 1.54) is 10.4 Å². The second-order valence-corrected chi connectivity index (χ2v) is 7.52. The molecule has 1 atom stereocenters. The minimum Gasteiger partial charge on any atom is -0.508 e. The van der Waals surface area contributed by atoms with Gasteiger partial charge in [-0.3, -0.25) is 4.98 Å². The fourth-order valence-corrected chi connectivity index (χ4v) is 3.65. The van der Waals surface area contributed by atoms with Crippen LogP contribution >= 0.6 is 0 Å². The number of rotatable bonds is 5. The Kier molecular flexibility index (Phi) is 5.29. The summed E-state index contributed by atoms with van der Waals surface area (Å²) in [4.78, 5) is 19.7. The topological polar surface area (TPSA) is 77.4 Å². The largest absolute Gasteiger partial charge is 0.508 e. The Balaban J connectivity index is 1.42. The van der Waals surface area contributed by atoms with Crippen LogP contribution in [0.5, 0.6) is 5.75 Å². The van der Waals surface area contributed by atoms with Crippen LogP contribution in [0, 0.1) is 0 Å². The zero-order chi connectivity index (χ0) is 20.4. The number of aromatic nitrogens is 3. The van der Waals surface area contributed by atoms with Crippen LogP contribution in [0.2, 0.25) is 0 Å². The van der Waals surface area contributed by atoms with Gasteiger partial charge in [-0.2, -0.15) is 0 Å². The molecule has 1 aromatic heterocycles. The summed E-state index contributed by atoms with van der Waals surface area (Å²) >= 11 is 0. The quantitative estimate of drug-likeness (QED) is 0.696. The third-order valence-electron chi connectivity index (χ3n) is 5.65. The van der Waals surface area contributed by atoms with Crippen molar-refractivity contribution in [1.82, 2.24) is 14.8 Å². The summed E-state index contributed by atoms with van der Waals surface area (Å²) in [5, 5.41) is 13.9. The Hall–Kier alpha value is -3.22. The van der Waals surface area contributed by atoms with Crippen LogP contribution in [0.1, 0.15) is 26.3 Å². The molecule has 7 nitrogen and oxygen atoms in total. The SMILES string of the molecule is CC[C@H](C)n1nc(-c2ccc(N3CCN(c4ccc(O)cc4)CC3)cc2)[nH]c1=O. The summed E-state index contributed by atoms with van der Waals surface area (Å²) in [6.07, 6.45) is 0.860. The zero-order valence-electron chi connectivity index (χ0n) is 16.9. The highest BCUT2D eigenvalue weighted by atomic mass is 16.3. The molecule has 2 N–H and O–H groups in total. The predicted molar refractivity (Wildman–Crippen MR) is 116 cm³/mol. The van der Waals surface area contributed by atoms with E-state index in [-0.39, 0.29) is 11.7 Å². The summed E-state index contributed by atoms with van der Waals surface area (Å²) in [6, 6.07) is 15.7. The molecule has 152 valence electrons. The number of aromatic amines is 1. The predicted octanol–water partition coefficient (Wildman–Crippen LogP) is 3.24. The van der Waals surface area contributed by atoms with Gasteiger partial charge in [-0.15, -0.1) is 5.10 Å². The highest BCUT2D eigenvalue weighted by Crippen LogP contribution is 2.24. The molecule has 4 rings (SSSR count). The summed E-state index contributed by atoms with van der Waals surface area (Å²) in [5.74, 6) is 0.904. The van der Waals surface area contributed by atoms with Gasteiger partial charge in [0.05, 0.1) is 6.04 Å². The number of phenolic OH excluding ortho intramolecular Hbond substituents is 1. The smallest absolute Gasteiger partial charge is 0.343 e. The molecule has 29 heavy (non-hydrogen) atoms. The first-order valence-electron chi connectivity index (χ1n) is 10.1. The maximum absolute atomic E-state index is 12.1. The number of aromatic hydroxyl groups is 1. The molecule has 2 heterocycles. The van der Waals surface area contributed by atoms with E-state index in [1.54, 1.807) is 12.1 Å². The van der Waals surface area contributed by atoms with Gasteiger partial charge in [0, 0.05) is 43.1 Å². The lowest BCUT2D eigenvalue weighted by Gasteiger charge is -2.37. The lowest BCUT2D eigenvalue weighted by atomic mass is 10.1. The Morgan fingerprint density at radius 1 is 0.966 bits per heavy atom. The van der Waals surface area contributed by atoms with E-state index in [4.69, 9.17) is 0 Å². The number of phenols is 1. The average molecular weight is 393 g/mol. The molecule has 1 saturated heterocycles. The normalized spacial score (nSPS) is 15.5. The van der Waals surface area contributed by atoms with Crippen LogP contribution in [0.4, 0.5) is 11.4 Å². The maximum Gasteiger partial charge on any atom is 0.343 e. The molecule has 7 heteroatoms. The number of anilines is 2. The molecule has 3 aromatic rings. The number of nitrogens with one attached hydrogen (secondary N) is 1. The van der Waals surface area contributed by atoms with Crippen molar-refractivity contribution in [3.63, 3.8) is 0 Å². The molecule has 0 radical (unpaired) electrons. The molecule has 0 spiro atoms. The van der Waals surface area contributed by atoms with Crippen molar-refractivity contribution >= 4 is 11.4 Å². The molecule has 1 fully saturated rings. The number of hydrogen-bond donors (Lipinski definition) is 2. The second kappa shape index (κ2) is 8.03. The molecule has 0 amide bonds. The number of nitrogens with zero attached hydrogens (tertiary/aromatic N) is 4. The van der Waals surface area contributed by atoms with Crippen LogP contribution in [0.25, 0.3) is 11.4 Å². The van der Waals surface area contributed by atoms with Gasteiger partial charge in [0.15, 0.2) is 5.82 Å². The Labute approximate surface area is 170 Å². The van der Waals surface area contributed by atoms with Crippen molar-refractivity contribution in [3.8, 4) is 17.1 Å². The summed E-state index contributed by atoms with van der Waals surface area (Å²) in [5.41, 5.74) is 3.06. The van der Waals surface area contributed by atoms with Crippen molar-refractivity contribution in [1.29, 1.82) is 0 Å². The van der Waals surface area contributed by atoms with Crippen LogP contribution in [0.15, 0.2) is 53.3 Å². The monoisotopic (exact) mass is 393 g/mol. The fourth-order valence-electron chi connectivity index (χ4n) is 3.65. The van der Waals surface area contributed by atoms with E-state index in [0.717, 1.165) is 43.9 Å². The van der Waals surface area contributed by atoms with Gasteiger partial charge >= 0.3 is 5.69 Å². The van der Waals surface area contributed by atoms with E-state index >= 15 is 0 Å². The van der Waals surface area contributed by atoms with E-state index in [1.807, 2.05) is 38.1 Å². The highest BCUT2D eigenvalue weighted by molar-refractivity contribution is 5.61. The van der Waals surface area contributed by atoms with Gasteiger partial charge < -0.3 is 14.9 Å². The first-order chi connectivity index (χ1) is 14.0. The van der Waals surface area contributed by atoms with Crippen molar-refractivity contribution in [3.05, 3.63) is 59.0 Å². The van der Waals surface area contributed by atoms with Crippen molar-refractivity contribution in [2.75, 3.05) is 36.0 Å². The van der Waals surface area contributed by atoms with Crippen molar-refractivity contribution in [2.45, 2.75) is 26.3 Å². The maximum atomic E-state index is 12.1. The van der Waals surface area contributed by atoms with Gasteiger partial charge in [-0.05, 0) is 61.9 Å². The molecule has 2 aromatic carbocycles. The van der Waals surface area contributed by atoms with Crippen molar-refractivity contribution < 1.29 is 5.11 Å². The van der Waals surface area contributed by atoms with E-state index in [9.17, 15) is 9.90 Å². The average Bonchev–Trinajstić information content (AvgIpc) is 3.16. The standard InChI is InChI=1S/C22H27N5O2/c1-3-16(2)27-22(29)23-21(24-27)17-4-6-18(7-5-17)25-12-14-26(15-13-25)19-8-10-20(28)11-9-19/h4-11,16,28H,3,12-15H2,1-2H3,(H,23,24,29)/t16-/m0/s1. The third-order valence-corrected chi connectivity index (χ3v) is 5.65. The lowest BCUT2D eigenvalue weighted by molar-refractivity contribution is 0.463. The summed E-state index contributed by atoms with van der Waals surface area (Å²) in [7, 11) is 0. The zero-order valence-corrected chi connectivity index (χ0v) is 16.9. The first kappa shape index (κ1) is 19.1. The highest BCUT2D eigenvalue weighted by Gasteiger charge is 2.18. The molecule has 1 aliphatic rings. The van der Waals surface area contributed by atoms with Gasteiger partial charge in [0.1, 0.15) is 5.75 Å². The summed E-state index contributed by atoms with van der Waals surface area (Å²) in [6.45, 7) is 7.76. The number of H-pyrrole nitrogens is 1.